The van der Waals surface area contributed by atoms with Gasteiger partial charge < -0.3 is 15.2 Å². The highest BCUT2D eigenvalue weighted by Gasteiger charge is 2.15. The van der Waals surface area contributed by atoms with Gasteiger partial charge in [0.15, 0.2) is 0 Å². The van der Waals surface area contributed by atoms with Crippen LogP contribution in [0.25, 0.3) is 11.3 Å². The summed E-state index contributed by atoms with van der Waals surface area (Å²) in [5.74, 6) is -0.347. The number of aromatic nitrogens is 2. The molecule has 0 aliphatic heterocycles. The predicted octanol–water partition coefficient (Wildman–Crippen LogP) is 4.25. The largest absolute Gasteiger partial charge is 0.507 e. The Balaban J connectivity index is 1.75. The Morgan fingerprint density at radius 3 is 2.56 bits per heavy atom. The number of amides is 1. The number of ether oxygens (including phenoxy) is 1. The molecule has 0 unspecified atom stereocenters. The summed E-state index contributed by atoms with van der Waals surface area (Å²) >= 11 is 0. The SMILES string of the molecule is Cc1ccc(-c2cc(C(=O)Nc3ccc(OC(F)F)cc3)[nH]n2)c(O)c1C. The number of rotatable bonds is 5. The van der Waals surface area contributed by atoms with Crippen molar-refractivity contribution in [1.29, 1.82) is 0 Å². The zero-order valence-electron chi connectivity index (χ0n) is 14.6. The van der Waals surface area contributed by atoms with E-state index in [0.717, 1.165) is 11.1 Å². The van der Waals surface area contributed by atoms with Crippen molar-refractivity contribution in [2.75, 3.05) is 5.32 Å². The molecule has 6 nitrogen and oxygen atoms in total. The Bertz CT molecular complexity index is 969. The molecule has 3 N–H and O–H groups in total. The van der Waals surface area contributed by atoms with Crippen LogP contribution in [0.15, 0.2) is 42.5 Å². The highest BCUT2D eigenvalue weighted by atomic mass is 19.3. The molecule has 8 heteroatoms. The van der Waals surface area contributed by atoms with Crippen LogP contribution in [-0.4, -0.2) is 27.8 Å². The van der Waals surface area contributed by atoms with Gasteiger partial charge in [-0.25, -0.2) is 0 Å². The lowest BCUT2D eigenvalue weighted by Gasteiger charge is -2.07. The summed E-state index contributed by atoms with van der Waals surface area (Å²) in [6.07, 6.45) is 0. The summed E-state index contributed by atoms with van der Waals surface area (Å²) < 4.78 is 28.6. The summed E-state index contributed by atoms with van der Waals surface area (Å²) in [5, 5.41) is 19.6. The molecule has 140 valence electrons. The molecule has 1 heterocycles. The number of benzene rings is 2. The van der Waals surface area contributed by atoms with E-state index in [1.54, 1.807) is 13.0 Å². The predicted molar refractivity (Wildman–Crippen MR) is 96.2 cm³/mol. The topological polar surface area (TPSA) is 87.2 Å². The van der Waals surface area contributed by atoms with Crippen molar-refractivity contribution in [2.24, 2.45) is 0 Å². The van der Waals surface area contributed by atoms with Gasteiger partial charge in [0.2, 0.25) is 0 Å². The second-order valence-electron chi connectivity index (χ2n) is 5.93. The quantitative estimate of drug-likeness (QED) is 0.624. The van der Waals surface area contributed by atoms with Gasteiger partial charge in [-0.3, -0.25) is 9.89 Å². The molecular weight excluding hydrogens is 356 g/mol. The number of H-pyrrole nitrogens is 1. The summed E-state index contributed by atoms with van der Waals surface area (Å²) in [7, 11) is 0. The van der Waals surface area contributed by atoms with Gasteiger partial charge in [0.1, 0.15) is 17.2 Å². The monoisotopic (exact) mass is 373 g/mol. The van der Waals surface area contributed by atoms with Gasteiger partial charge >= 0.3 is 6.61 Å². The van der Waals surface area contributed by atoms with Crippen molar-refractivity contribution in [3.05, 3.63) is 59.3 Å². The third-order valence-electron chi connectivity index (χ3n) is 4.14. The normalized spacial score (nSPS) is 10.9. The van der Waals surface area contributed by atoms with Crippen molar-refractivity contribution in [3.8, 4) is 22.8 Å². The summed E-state index contributed by atoms with van der Waals surface area (Å²) in [5.41, 5.74) is 3.24. The molecule has 0 saturated heterocycles. The number of anilines is 1. The maximum absolute atomic E-state index is 12.3. The number of alkyl halides is 2. The number of phenols is 1. The van der Waals surface area contributed by atoms with Gasteiger partial charge in [-0.15, -0.1) is 0 Å². The van der Waals surface area contributed by atoms with Crippen LogP contribution in [0.5, 0.6) is 11.5 Å². The standard InChI is InChI=1S/C19H17F2N3O3/c1-10-3-8-14(17(25)11(10)2)15-9-16(24-23-15)18(26)22-12-4-6-13(7-5-12)27-19(20)21/h3-9,19,25H,1-2H3,(H,22,26)(H,23,24). The van der Waals surface area contributed by atoms with Crippen LogP contribution in [0.2, 0.25) is 0 Å². The number of aromatic hydroxyl groups is 1. The lowest BCUT2D eigenvalue weighted by Crippen LogP contribution is -2.12. The molecule has 0 spiro atoms. The highest BCUT2D eigenvalue weighted by molar-refractivity contribution is 6.03. The van der Waals surface area contributed by atoms with Crippen molar-refractivity contribution in [3.63, 3.8) is 0 Å². The maximum atomic E-state index is 12.3. The smallest absolute Gasteiger partial charge is 0.387 e. The molecule has 3 aromatic rings. The third kappa shape index (κ3) is 4.05. The number of nitrogens with zero attached hydrogens (tertiary/aromatic N) is 1. The second-order valence-corrected chi connectivity index (χ2v) is 5.93. The second kappa shape index (κ2) is 7.45. The van der Waals surface area contributed by atoms with Crippen LogP contribution in [0, 0.1) is 13.8 Å². The lowest BCUT2D eigenvalue weighted by molar-refractivity contribution is -0.0498. The molecule has 1 amide bonds. The third-order valence-corrected chi connectivity index (χ3v) is 4.14. The van der Waals surface area contributed by atoms with Gasteiger partial charge in [0.25, 0.3) is 5.91 Å². The lowest BCUT2D eigenvalue weighted by atomic mass is 10.0. The highest BCUT2D eigenvalue weighted by Crippen LogP contribution is 2.32. The first-order chi connectivity index (χ1) is 12.8. The zero-order chi connectivity index (χ0) is 19.6. The Labute approximate surface area is 153 Å². The van der Waals surface area contributed by atoms with E-state index in [4.69, 9.17) is 0 Å². The van der Waals surface area contributed by atoms with E-state index in [1.807, 2.05) is 13.0 Å². The molecule has 0 atom stereocenters. The number of hydrogen-bond donors (Lipinski definition) is 3. The molecule has 0 radical (unpaired) electrons. The van der Waals surface area contributed by atoms with E-state index in [9.17, 15) is 18.7 Å². The first-order valence-corrected chi connectivity index (χ1v) is 8.06. The molecule has 0 fully saturated rings. The minimum Gasteiger partial charge on any atom is -0.507 e. The molecule has 0 saturated carbocycles. The number of phenolic OH excluding ortho intramolecular Hbond substituents is 1. The van der Waals surface area contributed by atoms with Crippen LogP contribution < -0.4 is 10.1 Å². The molecule has 0 aliphatic carbocycles. The van der Waals surface area contributed by atoms with E-state index in [2.05, 4.69) is 20.3 Å². The number of carbonyl (C=O) groups excluding carboxylic acids is 1. The number of hydrogen-bond acceptors (Lipinski definition) is 4. The van der Waals surface area contributed by atoms with Crippen LogP contribution in [0.1, 0.15) is 21.6 Å². The Morgan fingerprint density at radius 1 is 1.19 bits per heavy atom. The fourth-order valence-corrected chi connectivity index (χ4v) is 2.50. The minimum absolute atomic E-state index is 0.00274. The average Bonchev–Trinajstić information content (AvgIpc) is 3.11. The van der Waals surface area contributed by atoms with E-state index >= 15 is 0 Å². The number of aromatic amines is 1. The minimum atomic E-state index is -2.91. The van der Waals surface area contributed by atoms with Crippen molar-refractivity contribution >= 4 is 11.6 Å². The fraction of sp³-hybridized carbons (Fsp3) is 0.158. The van der Waals surface area contributed by atoms with Crippen LogP contribution in [-0.2, 0) is 0 Å². The van der Waals surface area contributed by atoms with E-state index in [-0.39, 0.29) is 17.2 Å². The van der Waals surface area contributed by atoms with E-state index in [1.165, 1.54) is 30.3 Å². The first-order valence-electron chi connectivity index (χ1n) is 8.06. The van der Waals surface area contributed by atoms with Gasteiger partial charge in [-0.2, -0.15) is 13.9 Å². The number of nitrogens with one attached hydrogen (secondary N) is 2. The average molecular weight is 373 g/mol. The van der Waals surface area contributed by atoms with Gasteiger partial charge in [-0.1, -0.05) is 6.07 Å². The van der Waals surface area contributed by atoms with Crippen LogP contribution in [0.4, 0.5) is 14.5 Å². The molecule has 3 rings (SSSR count). The van der Waals surface area contributed by atoms with E-state index in [0.29, 0.717) is 16.9 Å². The molecule has 2 aromatic carbocycles. The van der Waals surface area contributed by atoms with Crippen LogP contribution in [0.3, 0.4) is 0 Å². The van der Waals surface area contributed by atoms with Gasteiger partial charge in [0, 0.05) is 11.3 Å². The molecule has 1 aromatic heterocycles. The zero-order valence-corrected chi connectivity index (χ0v) is 14.6. The van der Waals surface area contributed by atoms with Crippen LogP contribution >= 0.6 is 0 Å². The molecule has 27 heavy (non-hydrogen) atoms. The fourth-order valence-electron chi connectivity index (χ4n) is 2.50. The Morgan fingerprint density at radius 2 is 1.89 bits per heavy atom. The Hall–Kier alpha value is -3.42. The van der Waals surface area contributed by atoms with Crippen molar-refractivity contribution in [2.45, 2.75) is 20.5 Å². The number of halogens is 2. The van der Waals surface area contributed by atoms with Gasteiger partial charge in [0.05, 0.1) is 5.69 Å². The summed E-state index contributed by atoms with van der Waals surface area (Å²) in [4.78, 5) is 12.3. The molecular formula is C19H17F2N3O3. The Kier molecular flexibility index (Phi) is 5.07. The number of carbonyl (C=O) groups is 1. The van der Waals surface area contributed by atoms with Crippen molar-refractivity contribution in [1.82, 2.24) is 10.2 Å². The van der Waals surface area contributed by atoms with Gasteiger partial charge in [-0.05, 0) is 61.4 Å². The molecule has 0 aliphatic rings. The summed E-state index contributed by atoms with van der Waals surface area (Å²) in [6, 6.07) is 10.7. The summed E-state index contributed by atoms with van der Waals surface area (Å²) in [6.45, 7) is 0.783. The maximum Gasteiger partial charge on any atom is 0.387 e. The molecule has 0 bridgehead atoms. The first kappa shape index (κ1) is 18.4. The van der Waals surface area contributed by atoms with E-state index < -0.39 is 12.5 Å². The van der Waals surface area contributed by atoms with Crippen molar-refractivity contribution < 1.29 is 23.4 Å². The number of aryl methyl sites for hydroxylation is 1.